The fourth-order valence-corrected chi connectivity index (χ4v) is 2.24. The first-order valence-corrected chi connectivity index (χ1v) is 5.32. The zero-order chi connectivity index (χ0) is 10.8. The molecule has 1 heterocycles. The molecular weight excluding hydrogens is 179 g/mol. The topological polar surface area (TPSA) is 0 Å². The first kappa shape index (κ1) is 10.2. The van der Waals surface area contributed by atoms with E-state index in [2.05, 4.69) is 64.0 Å². The van der Waals surface area contributed by atoms with E-state index >= 15 is 0 Å². The normalized spacial score (nSPS) is 10.1. The minimum atomic E-state index is 1.31. The first-order chi connectivity index (χ1) is 7.18. The summed E-state index contributed by atoms with van der Waals surface area (Å²) in [6.07, 6.45) is 0. The van der Waals surface area contributed by atoms with E-state index in [9.17, 15) is 0 Å². The molecule has 0 bridgehead atoms. The van der Waals surface area contributed by atoms with Crippen LogP contribution in [-0.2, 0) is 0 Å². The Kier molecular flexibility index (Phi) is 2.72. The third-order valence-electron chi connectivity index (χ3n) is 2.74. The molecule has 0 saturated heterocycles. The summed E-state index contributed by atoms with van der Waals surface area (Å²) in [7, 11) is 0. The quantitative estimate of drug-likeness (QED) is 0.650. The van der Waals surface area contributed by atoms with Gasteiger partial charge in [0.25, 0.3) is 0 Å². The number of aryl methyl sites for hydroxylation is 3. The van der Waals surface area contributed by atoms with Crippen molar-refractivity contribution in [2.24, 2.45) is 0 Å². The molecule has 0 spiro atoms. The number of hydrogen-bond acceptors (Lipinski definition) is 0. The molecular formula is C14H15B. The zero-order valence-corrected chi connectivity index (χ0v) is 9.54. The minimum absolute atomic E-state index is 1.31. The van der Waals surface area contributed by atoms with Crippen molar-refractivity contribution in [3.8, 4) is 11.0 Å². The average molecular weight is 194 g/mol. The Morgan fingerprint density at radius 1 is 0.933 bits per heavy atom. The van der Waals surface area contributed by atoms with Crippen LogP contribution in [0.4, 0.5) is 0 Å². The summed E-state index contributed by atoms with van der Waals surface area (Å²) in [4.78, 5) is 0. The van der Waals surface area contributed by atoms with Crippen LogP contribution in [0.3, 0.4) is 0 Å². The van der Waals surface area contributed by atoms with Gasteiger partial charge in [-0.2, -0.15) is 0 Å². The number of rotatable bonds is 1. The maximum absolute atomic E-state index is 2.25. The summed E-state index contributed by atoms with van der Waals surface area (Å²) in [6, 6.07) is 10.8. The van der Waals surface area contributed by atoms with Gasteiger partial charge in [0, 0.05) is 0 Å². The zero-order valence-electron chi connectivity index (χ0n) is 9.54. The van der Waals surface area contributed by atoms with Crippen LogP contribution >= 0.6 is 0 Å². The molecule has 0 saturated carbocycles. The van der Waals surface area contributed by atoms with Crippen LogP contribution in [0.25, 0.3) is 11.0 Å². The van der Waals surface area contributed by atoms with Crippen molar-refractivity contribution in [3.05, 3.63) is 53.0 Å². The average Bonchev–Trinajstić information content (AvgIpc) is 2.17. The molecule has 1 heteroatoms. The molecule has 0 atom stereocenters. The molecule has 1 aromatic carbocycles. The van der Waals surface area contributed by atoms with Gasteiger partial charge in [-0.1, -0.05) is 0 Å². The Bertz CT molecular complexity index is 449. The van der Waals surface area contributed by atoms with E-state index in [-0.39, 0.29) is 0 Å². The summed E-state index contributed by atoms with van der Waals surface area (Å²) in [5.74, 6) is 2.09. The van der Waals surface area contributed by atoms with E-state index in [1.165, 1.54) is 27.7 Å². The molecule has 1 aromatic heterocycles. The van der Waals surface area contributed by atoms with E-state index in [1.807, 2.05) is 0 Å². The standard InChI is InChI=1S/C14H15B/c1-10-8-11(2)14(12(3)9-10)13-6-4-5-7-15-13/h4-9H,1-3H3. The summed E-state index contributed by atoms with van der Waals surface area (Å²) < 4.78 is 0. The Hall–Kier alpha value is -1.37. The van der Waals surface area contributed by atoms with Gasteiger partial charge in [-0.3, -0.25) is 0 Å². The maximum atomic E-state index is 2.25. The van der Waals surface area contributed by atoms with Crippen molar-refractivity contribution in [2.45, 2.75) is 20.8 Å². The van der Waals surface area contributed by atoms with Crippen LogP contribution in [0.15, 0.2) is 36.3 Å². The molecule has 15 heavy (non-hydrogen) atoms. The summed E-state index contributed by atoms with van der Waals surface area (Å²) in [6.45, 7) is 8.68. The molecule has 0 aliphatic carbocycles. The van der Waals surface area contributed by atoms with Gasteiger partial charge in [0.2, 0.25) is 0 Å². The summed E-state index contributed by atoms with van der Waals surface area (Å²) >= 11 is 0. The van der Waals surface area contributed by atoms with E-state index in [4.69, 9.17) is 0 Å². The van der Waals surface area contributed by atoms with Gasteiger partial charge >= 0.3 is 91.7 Å². The van der Waals surface area contributed by atoms with Crippen molar-refractivity contribution < 1.29 is 0 Å². The Labute approximate surface area is 92.2 Å². The van der Waals surface area contributed by atoms with Crippen molar-refractivity contribution in [1.82, 2.24) is 0 Å². The van der Waals surface area contributed by atoms with Crippen molar-refractivity contribution >= 4 is 6.91 Å². The van der Waals surface area contributed by atoms with Gasteiger partial charge in [-0.25, -0.2) is 0 Å². The number of benzene rings is 1. The molecule has 0 fully saturated rings. The molecule has 0 unspecified atom stereocenters. The van der Waals surface area contributed by atoms with Crippen LogP contribution in [0.1, 0.15) is 16.7 Å². The van der Waals surface area contributed by atoms with Gasteiger partial charge in [0.05, 0.1) is 0 Å². The fourth-order valence-electron chi connectivity index (χ4n) is 2.24. The predicted octanol–water partition coefficient (Wildman–Crippen LogP) is 3.62. The van der Waals surface area contributed by atoms with Gasteiger partial charge < -0.3 is 0 Å². The van der Waals surface area contributed by atoms with E-state index in [0.29, 0.717) is 0 Å². The van der Waals surface area contributed by atoms with E-state index in [0.717, 1.165) is 0 Å². The predicted molar refractivity (Wildman–Crippen MR) is 67.4 cm³/mol. The van der Waals surface area contributed by atoms with Crippen LogP contribution in [0, 0.1) is 20.8 Å². The summed E-state index contributed by atoms with van der Waals surface area (Å²) in [5.41, 5.74) is 6.75. The molecule has 74 valence electrons. The van der Waals surface area contributed by atoms with Gasteiger partial charge in [-0.15, -0.1) is 0 Å². The van der Waals surface area contributed by atoms with E-state index in [1.54, 1.807) is 0 Å². The SMILES string of the molecule is Cc1cc(C)c(-c2bcccc2)c(C)c1. The van der Waals surface area contributed by atoms with Crippen molar-refractivity contribution in [1.29, 1.82) is 0 Å². The third kappa shape index (κ3) is 2.01. The Morgan fingerprint density at radius 3 is 2.13 bits per heavy atom. The molecule has 0 aliphatic rings. The fraction of sp³-hybridized carbons (Fsp3) is 0.214. The molecule has 0 N–H and O–H groups in total. The second-order valence-corrected chi connectivity index (χ2v) is 4.14. The summed E-state index contributed by atoms with van der Waals surface area (Å²) in [5, 5.41) is 0. The third-order valence-corrected chi connectivity index (χ3v) is 2.74. The van der Waals surface area contributed by atoms with Gasteiger partial charge in [0.1, 0.15) is 0 Å². The molecule has 0 radical (unpaired) electrons. The molecule has 0 amide bonds. The van der Waals surface area contributed by atoms with E-state index < -0.39 is 0 Å². The molecule has 2 rings (SSSR count). The monoisotopic (exact) mass is 194 g/mol. The van der Waals surface area contributed by atoms with Crippen LogP contribution in [0.2, 0.25) is 0 Å². The first-order valence-electron chi connectivity index (χ1n) is 5.32. The van der Waals surface area contributed by atoms with Crippen LogP contribution < -0.4 is 0 Å². The molecule has 0 aliphatic heterocycles. The van der Waals surface area contributed by atoms with Crippen molar-refractivity contribution in [2.75, 3.05) is 0 Å². The number of hydrogen-bond donors (Lipinski definition) is 0. The molecule has 0 nitrogen and oxygen atoms in total. The second kappa shape index (κ2) is 4.02. The Balaban J connectivity index is 2.64. The van der Waals surface area contributed by atoms with Crippen molar-refractivity contribution in [3.63, 3.8) is 0 Å². The van der Waals surface area contributed by atoms with Crippen LogP contribution in [-0.4, -0.2) is 6.91 Å². The van der Waals surface area contributed by atoms with Crippen LogP contribution in [0.5, 0.6) is 0 Å². The second-order valence-electron chi connectivity index (χ2n) is 4.14. The van der Waals surface area contributed by atoms with Gasteiger partial charge in [0.15, 0.2) is 0 Å². The molecule has 2 aromatic rings. The van der Waals surface area contributed by atoms with Gasteiger partial charge in [-0.05, 0) is 0 Å². The Morgan fingerprint density at radius 2 is 1.60 bits per heavy atom.